The number of hydrogen-bond donors (Lipinski definition) is 1. The molecule has 0 aromatic heterocycles. The van der Waals surface area contributed by atoms with Crippen LogP contribution in [0.3, 0.4) is 0 Å². The molecule has 4 heteroatoms. The molecule has 1 N–H and O–H groups in total. The summed E-state index contributed by atoms with van der Waals surface area (Å²) in [6, 6.07) is 9.45. The molecule has 18 heavy (non-hydrogen) atoms. The molecule has 0 aliphatic carbocycles. The van der Waals surface area contributed by atoms with Gasteiger partial charge >= 0.3 is 5.97 Å². The molecule has 96 valence electrons. The predicted molar refractivity (Wildman–Crippen MR) is 68.9 cm³/mol. The molecule has 1 amide bonds. The molecule has 0 atom stereocenters. The standard InChI is InChI=1S/C14H17NO3/c1-11(2)14(17)18-9-8-15-13(16)10-12-6-4-3-5-7-12/h3-7H,1,8-10H2,2H3,(H,15,16). The van der Waals surface area contributed by atoms with Crippen LogP contribution in [-0.2, 0) is 20.7 Å². The summed E-state index contributed by atoms with van der Waals surface area (Å²) in [6.45, 7) is 5.51. The molecule has 0 saturated heterocycles. The third-order valence-electron chi connectivity index (χ3n) is 2.21. The number of carbonyl (C=O) groups excluding carboxylic acids is 2. The van der Waals surface area contributed by atoms with E-state index < -0.39 is 5.97 Å². The first-order valence-corrected chi connectivity index (χ1v) is 5.73. The van der Waals surface area contributed by atoms with Gasteiger partial charge < -0.3 is 10.1 Å². The number of benzene rings is 1. The zero-order valence-electron chi connectivity index (χ0n) is 10.4. The Morgan fingerprint density at radius 2 is 1.94 bits per heavy atom. The van der Waals surface area contributed by atoms with Gasteiger partial charge in [0.25, 0.3) is 0 Å². The van der Waals surface area contributed by atoms with Gasteiger partial charge in [-0.2, -0.15) is 0 Å². The Labute approximate surface area is 107 Å². The van der Waals surface area contributed by atoms with Crippen molar-refractivity contribution in [3.05, 3.63) is 48.0 Å². The number of nitrogens with one attached hydrogen (secondary N) is 1. The van der Waals surface area contributed by atoms with Crippen LogP contribution in [0.25, 0.3) is 0 Å². The van der Waals surface area contributed by atoms with Crippen molar-refractivity contribution in [1.82, 2.24) is 5.32 Å². The summed E-state index contributed by atoms with van der Waals surface area (Å²) in [4.78, 5) is 22.6. The molecule has 1 aromatic rings. The number of rotatable bonds is 6. The van der Waals surface area contributed by atoms with E-state index in [9.17, 15) is 9.59 Å². The Morgan fingerprint density at radius 3 is 2.56 bits per heavy atom. The van der Waals surface area contributed by atoms with Gasteiger partial charge in [-0.25, -0.2) is 4.79 Å². The quantitative estimate of drug-likeness (QED) is 0.470. The number of ether oxygens (including phenoxy) is 1. The van der Waals surface area contributed by atoms with E-state index in [-0.39, 0.29) is 12.5 Å². The minimum Gasteiger partial charge on any atom is -0.460 e. The van der Waals surface area contributed by atoms with Crippen molar-refractivity contribution in [3.8, 4) is 0 Å². The van der Waals surface area contributed by atoms with E-state index in [2.05, 4.69) is 11.9 Å². The van der Waals surface area contributed by atoms with Gasteiger partial charge in [-0.3, -0.25) is 4.79 Å². The third kappa shape index (κ3) is 5.30. The smallest absolute Gasteiger partial charge is 0.333 e. The normalized spacial score (nSPS) is 9.61. The molecule has 0 fully saturated rings. The molecule has 0 bridgehead atoms. The van der Waals surface area contributed by atoms with Crippen LogP contribution in [0.15, 0.2) is 42.5 Å². The maximum absolute atomic E-state index is 11.5. The number of hydrogen-bond acceptors (Lipinski definition) is 3. The van der Waals surface area contributed by atoms with Gasteiger partial charge in [0, 0.05) is 5.57 Å². The lowest BCUT2D eigenvalue weighted by atomic mass is 10.1. The van der Waals surface area contributed by atoms with E-state index in [0.29, 0.717) is 18.5 Å². The summed E-state index contributed by atoms with van der Waals surface area (Å²) in [5, 5.41) is 2.68. The van der Waals surface area contributed by atoms with E-state index in [1.165, 1.54) is 0 Å². The Balaban J connectivity index is 2.18. The largest absolute Gasteiger partial charge is 0.460 e. The first kappa shape index (κ1) is 14.0. The molecule has 1 rings (SSSR count). The van der Waals surface area contributed by atoms with Crippen LogP contribution >= 0.6 is 0 Å². The Hall–Kier alpha value is -2.10. The zero-order chi connectivity index (χ0) is 13.4. The molecule has 0 unspecified atom stereocenters. The van der Waals surface area contributed by atoms with Crippen molar-refractivity contribution in [3.63, 3.8) is 0 Å². The highest BCUT2D eigenvalue weighted by atomic mass is 16.5. The van der Waals surface area contributed by atoms with Crippen LogP contribution in [0.1, 0.15) is 12.5 Å². The lowest BCUT2D eigenvalue weighted by Crippen LogP contribution is -2.29. The van der Waals surface area contributed by atoms with Gasteiger partial charge in [0.15, 0.2) is 0 Å². The highest BCUT2D eigenvalue weighted by Crippen LogP contribution is 1.98. The fourth-order valence-electron chi connectivity index (χ4n) is 1.30. The van der Waals surface area contributed by atoms with E-state index in [4.69, 9.17) is 4.74 Å². The fraction of sp³-hybridized carbons (Fsp3) is 0.286. The summed E-state index contributed by atoms with van der Waals surface area (Å²) in [5.41, 5.74) is 1.31. The summed E-state index contributed by atoms with van der Waals surface area (Å²) in [7, 11) is 0. The summed E-state index contributed by atoms with van der Waals surface area (Å²) < 4.78 is 4.85. The highest BCUT2D eigenvalue weighted by Gasteiger charge is 2.04. The summed E-state index contributed by atoms with van der Waals surface area (Å²) in [5.74, 6) is -0.528. The molecule has 0 aliphatic rings. The number of carbonyl (C=O) groups is 2. The molecular weight excluding hydrogens is 230 g/mol. The number of esters is 1. The molecule has 4 nitrogen and oxygen atoms in total. The third-order valence-corrected chi connectivity index (χ3v) is 2.21. The Morgan fingerprint density at radius 1 is 1.28 bits per heavy atom. The minimum atomic E-state index is -0.438. The molecule has 0 heterocycles. The predicted octanol–water partition coefficient (Wildman–Crippen LogP) is 1.46. The Bertz CT molecular complexity index is 426. The second-order valence-corrected chi connectivity index (χ2v) is 3.93. The molecular formula is C14H17NO3. The summed E-state index contributed by atoms with van der Waals surface area (Å²) >= 11 is 0. The molecule has 0 radical (unpaired) electrons. The van der Waals surface area contributed by atoms with Gasteiger partial charge in [0.05, 0.1) is 13.0 Å². The maximum Gasteiger partial charge on any atom is 0.333 e. The molecule has 0 spiro atoms. The van der Waals surface area contributed by atoms with Crippen molar-refractivity contribution in [2.45, 2.75) is 13.3 Å². The maximum atomic E-state index is 11.5. The van der Waals surface area contributed by atoms with E-state index in [0.717, 1.165) is 5.56 Å². The van der Waals surface area contributed by atoms with Crippen molar-refractivity contribution >= 4 is 11.9 Å². The van der Waals surface area contributed by atoms with Gasteiger partial charge in [0.2, 0.25) is 5.91 Å². The van der Waals surface area contributed by atoms with Crippen LogP contribution < -0.4 is 5.32 Å². The fourth-order valence-corrected chi connectivity index (χ4v) is 1.30. The Kier molecular flexibility index (Phi) is 5.64. The lowest BCUT2D eigenvalue weighted by molar-refractivity contribution is -0.139. The average Bonchev–Trinajstić information content (AvgIpc) is 2.35. The first-order chi connectivity index (χ1) is 8.59. The van der Waals surface area contributed by atoms with E-state index >= 15 is 0 Å². The van der Waals surface area contributed by atoms with Crippen molar-refractivity contribution in [2.75, 3.05) is 13.2 Å². The van der Waals surface area contributed by atoms with Crippen LogP contribution in [0.4, 0.5) is 0 Å². The van der Waals surface area contributed by atoms with Crippen molar-refractivity contribution < 1.29 is 14.3 Å². The molecule has 0 saturated carbocycles. The van der Waals surface area contributed by atoms with Crippen LogP contribution in [-0.4, -0.2) is 25.0 Å². The number of amides is 1. The minimum absolute atomic E-state index is 0.0902. The second kappa shape index (κ2) is 7.27. The molecule has 1 aromatic carbocycles. The van der Waals surface area contributed by atoms with Crippen molar-refractivity contribution in [1.29, 1.82) is 0 Å². The topological polar surface area (TPSA) is 55.4 Å². The van der Waals surface area contributed by atoms with Crippen LogP contribution in [0, 0.1) is 0 Å². The second-order valence-electron chi connectivity index (χ2n) is 3.93. The van der Waals surface area contributed by atoms with Crippen LogP contribution in [0.5, 0.6) is 0 Å². The lowest BCUT2D eigenvalue weighted by Gasteiger charge is -2.06. The average molecular weight is 247 g/mol. The van der Waals surface area contributed by atoms with E-state index in [1.54, 1.807) is 6.92 Å². The van der Waals surface area contributed by atoms with Gasteiger partial charge in [-0.15, -0.1) is 0 Å². The van der Waals surface area contributed by atoms with Crippen molar-refractivity contribution in [2.24, 2.45) is 0 Å². The van der Waals surface area contributed by atoms with Gasteiger partial charge in [-0.05, 0) is 12.5 Å². The SMILES string of the molecule is C=C(C)C(=O)OCCNC(=O)Cc1ccccc1. The monoisotopic (exact) mass is 247 g/mol. The van der Waals surface area contributed by atoms with Gasteiger partial charge in [0.1, 0.15) is 6.61 Å². The highest BCUT2D eigenvalue weighted by molar-refractivity contribution is 5.86. The first-order valence-electron chi connectivity index (χ1n) is 5.73. The van der Waals surface area contributed by atoms with Gasteiger partial charge in [-0.1, -0.05) is 36.9 Å². The zero-order valence-corrected chi connectivity index (χ0v) is 10.4. The van der Waals surface area contributed by atoms with Crippen LogP contribution in [0.2, 0.25) is 0 Å². The van der Waals surface area contributed by atoms with E-state index in [1.807, 2.05) is 30.3 Å². The molecule has 0 aliphatic heterocycles. The summed E-state index contributed by atoms with van der Waals surface area (Å²) in [6.07, 6.45) is 0.329.